The van der Waals surface area contributed by atoms with E-state index < -0.39 is 5.97 Å². The maximum absolute atomic E-state index is 12.3. The van der Waals surface area contributed by atoms with Crippen molar-refractivity contribution >= 4 is 29.3 Å². The van der Waals surface area contributed by atoms with Crippen molar-refractivity contribution in [1.29, 1.82) is 0 Å². The number of hydrogen-bond donors (Lipinski definition) is 2. The highest BCUT2D eigenvalue weighted by Crippen LogP contribution is 2.19. The van der Waals surface area contributed by atoms with Crippen LogP contribution >= 0.6 is 11.6 Å². The summed E-state index contributed by atoms with van der Waals surface area (Å²) in [6.45, 7) is 2.30. The summed E-state index contributed by atoms with van der Waals surface area (Å²) in [5.74, 6) is -0.411. The molecule has 1 aliphatic rings. The second-order valence-electron chi connectivity index (χ2n) is 5.49. The van der Waals surface area contributed by atoms with Crippen LogP contribution in [0.2, 0.25) is 5.02 Å². The van der Waals surface area contributed by atoms with Crippen molar-refractivity contribution in [2.45, 2.75) is 25.7 Å². The number of rotatable bonds is 6. The minimum absolute atomic E-state index is 0.0437. The number of pyridine rings is 1. The SMILES string of the molecule is O=C(O)CCCN1CCCC(C(=O)Nc2ccc(Cl)cn2)C1. The Kier molecular flexibility index (Phi) is 6.15. The molecule has 1 fully saturated rings. The highest BCUT2D eigenvalue weighted by Gasteiger charge is 2.25. The van der Waals surface area contributed by atoms with Crippen LogP contribution in [0.1, 0.15) is 25.7 Å². The molecule has 120 valence electrons. The van der Waals surface area contributed by atoms with E-state index in [0.29, 0.717) is 23.8 Å². The number of piperidine rings is 1. The molecular weight excluding hydrogens is 306 g/mol. The maximum Gasteiger partial charge on any atom is 0.303 e. The minimum atomic E-state index is -0.778. The first-order valence-corrected chi connectivity index (χ1v) is 7.79. The van der Waals surface area contributed by atoms with Crippen LogP contribution < -0.4 is 5.32 Å². The molecule has 0 spiro atoms. The molecule has 1 amide bonds. The van der Waals surface area contributed by atoms with Crippen molar-refractivity contribution in [3.63, 3.8) is 0 Å². The Balaban J connectivity index is 1.81. The minimum Gasteiger partial charge on any atom is -0.481 e. The highest BCUT2D eigenvalue weighted by molar-refractivity contribution is 6.30. The molecule has 2 N–H and O–H groups in total. The van der Waals surface area contributed by atoms with E-state index in [2.05, 4.69) is 15.2 Å². The van der Waals surface area contributed by atoms with Gasteiger partial charge in [-0.25, -0.2) is 4.98 Å². The third-order valence-corrected chi connectivity index (χ3v) is 3.94. The molecule has 7 heteroatoms. The van der Waals surface area contributed by atoms with E-state index in [1.807, 2.05) is 0 Å². The Labute approximate surface area is 134 Å². The van der Waals surface area contributed by atoms with Gasteiger partial charge in [0.25, 0.3) is 0 Å². The molecular formula is C15H20ClN3O3. The van der Waals surface area contributed by atoms with E-state index in [0.717, 1.165) is 25.9 Å². The molecule has 2 heterocycles. The molecule has 0 bridgehead atoms. The summed E-state index contributed by atoms with van der Waals surface area (Å²) in [5.41, 5.74) is 0. The van der Waals surface area contributed by atoms with Crippen LogP contribution in [0, 0.1) is 5.92 Å². The Morgan fingerprint density at radius 3 is 2.95 bits per heavy atom. The Morgan fingerprint density at radius 1 is 1.45 bits per heavy atom. The zero-order valence-electron chi connectivity index (χ0n) is 12.3. The molecule has 1 aromatic rings. The molecule has 0 aromatic carbocycles. The van der Waals surface area contributed by atoms with Crippen LogP contribution in [-0.4, -0.2) is 46.5 Å². The Bertz CT molecular complexity index is 521. The monoisotopic (exact) mass is 325 g/mol. The molecule has 1 atom stereocenters. The fourth-order valence-electron chi connectivity index (χ4n) is 2.60. The molecule has 0 radical (unpaired) electrons. The number of aromatic nitrogens is 1. The third-order valence-electron chi connectivity index (χ3n) is 3.72. The zero-order chi connectivity index (χ0) is 15.9. The average molecular weight is 326 g/mol. The first-order valence-electron chi connectivity index (χ1n) is 7.41. The summed E-state index contributed by atoms with van der Waals surface area (Å²) >= 11 is 5.76. The van der Waals surface area contributed by atoms with Crippen LogP contribution in [0.25, 0.3) is 0 Å². The van der Waals surface area contributed by atoms with Crippen LogP contribution in [0.3, 0.4) is 0 Å². The summed E-state index contributed by atoms with van der Waals surface area (Å²) in [4.78, 5) is 29.0. The molecule has 1 aromatic heterocycles. The molecule has 0 aliphatic carbocycles. The van der Waals surface area contributed by atoms with Gasteiger partial charge >= 0.3 is 5.97 Å². The topological polar surface area (TPSA) is 82.5 Å². The van der Waals surface area contributed by atoms with E-state index in [9.17, 15) is 9.59 Å². The number of carboxylic acid groups (broad SMARTS) is 1. The highest BCUT2D eigenvalue weighted by atomic mass is 35.5. The Morgan fingerprint density at radius 2 is 2.27 bits per heavy atom. The Hall–Kier alpha value is -1.66. The number of amides is 1. The fourth-order valence-corrected chi connectivity index (χ4v) is 2.72. The van der Waals surface area contributed by atoms with Crippen molar-refractivity contribution in [3.8, 4) is 0 Å². The summed E-state index contributed by atoms with van der Waals surface area (Å²) in [7, 11) is 0. The van der Waals surface area contributed by atoms with E-state index in [-0.39, 0.29) is 18.2 Å². The van der Waals surface area contributed by atoms with Gasteiger partial charge in [0.1, 0.15) is 5.82 Å². The van der Waals surface area contributed by atoms with Crippen LogP contribution in [-0.2, 0) is 9.59 Å². The second-order valence-corrected chi connectivity index (χ2v) is 5.92. The summed E-state index contributed by atoms with van der Waals surface area (Å²) < 4.78 is 0. The predicted molar refractivity (Wildman–Crippen MR) is 83.9 cm³/mol. The smallest absolute Gasteiger partial charge is 0.303 e. The first-order chi connectivity index (χ1) is 10.5. The first kappa shape index (κ1) is 16.7. The number of likely N-dealkylation sites (tertiary alicyclic amines) is 1. The molecule has 2 rings (SSSR count). The molecule has 1 saturated heterocycles. The van der Waals surface area contributed by atoms with Crippen molar-refractivity contribution < 1.29 is 14.7 Å². The number of carbonyl (C=O) groups is 2. The standard InChI is InChI=1S/C15H20ClN3O3/c16-12-5-6-13(17-9-12)18-15(22)11-3-1-7-19(10-11)8-2-4-14(20)21/h5-6,9,11H,1-4,7-8,10H2,(H,20,21)(H,17,18,22). The van der Waals surface area contributed by atoms with Crippen molar-refractivity contribution in [2.75, 3.05) is 25.0 Å². The number of halogens is 1. The van der Waals surface area contributed by atoms with Gasteiger partial charge in [0.2, 0.25) is 5.91 Å². The summed E-state index contributed by atoms with van der Waals surface area (Å²) in [6.07, 6.45) is 4.06. The lowest BCUT2D eigenvalue weighted by Crippen LogP contribution is -2.41. The largest absolute Gasteiger partial charge is 0.481 e. The lowest BCUT2D eigenvalue weighted by Gasteiger charge is -2.31. The van der Waals surface area contributed by atoms with Gasteiger partial charge in [-0.3, -0.25) is 9.59 Å². The fraction of sp³-hybridized carbons (Fsp3) is 0.533. The number of nitrogens with one attached hydrogen (secondary N) is 1. The molecule has 1 unspecified atom stereocenters. The van der Waals surface area contributed by atoms with Gasteiger partial charge in [0, 0.05) is 19.2 Å². The number of hydrogen-bond acceptors (Lipinski definition) is 4. The van der Waals surface area contributed by atoms with Crippen LogP contribution in [0.15, 0.2) is 18.3 Å². The van der Waals surface area contributed by atoms with Gasteiger partial charge in [-0.05, 0) is 44.5 Å². The summed E-state index contributed by atoms with van der Waals surface area (Å²) in [6, 6.07) is 3.36. The lowest BCUT2D eigenvalue weighted by atomic mass is 9.97. The van der Waals surface area contributed by atoms with Gasteiger partial charge in [0.05, 0.1) is 10.9 Å². The van der Waals surface area contributed by atoms with Crippen molar-refractivity contribution in [2.24, 2.45) is 5.92 Å². The van der Waals surface area contributed by atoms with Gasteiger partial charge in [0.15, 0.2) is 0 Å². The van der Waals surface area contributed by atoms with Gasteiger partial charge in [-0.15, -0.1) is 0 Å². The van der Waals surface area contributed by atoms with Crippen molar-refractivity contribution in [1.82, 2.24) is 9.88 Å². The van der Waals surface area contributed by atoms with Gasteiger partial charge < -0.3 is 15.3 Å². The number of aliphatic carboxylic acids is 1. The van der Waals surface area contributed by atoms with Gasteiger partial charge in [-0.2, -0.15) is 0 Å². The van der Waals surface area contributed by atoms with E-state index >= 15 is 0 Å². The molecule has 1 aliphatic heterocycles. The predicted octanol–water partition coefficient (Wildman–Crippen LogP) is 2.25. The number of carboxylic acids is 1. The van der Waals surface area contributed by atoms with E-state index in [1.165, 1.54) is 6.20 Å². The third kappa shape index (κ3) is 5.27. The number of carbonyl (C=O) groups excluding carboxylic acids is 1. The molecule has 0 saturated carbocycles. The molecule has 6 nitrogen and oxygen atoms in total. The normalized spacial score (nSPS) is 18.9. The number of nitrogens with zero attached hydrogens (tertiary/aromatic N) is 2. The van der Waals surface area contributed by atoms with Crippen molar-refractivity contribution in [3.05, 3.63) is 23.4 Å². The maximum atomic E-state index is 12.3. The second kappa shape index (κ2) is 8.10. The zero-order valence-corrected chi connectivity index (χ0v) is 13.1. The van der Waals surface area contributed by atoms with Gasteiger partial charge in [-0.1, -0.05) is 11.6 Å². The molecule has 22 heavy (non-hydrogen) atoms. The quantitative estimate of drug-likeness (QED) is 0.838. The average Bonchev–Trinajstić information content (AvgIpc) is 2.49. The number of anilines is 1. The summed E-state index contributed by atoms with van der Waals surface area (Å²) in [5, 5.41) is 12.0. The van der Waals surface area contributed by atoms with E-state index in [4.69, 9.17) is 16.7 Å². The van der Waals surface area contributed by atoms with Crippen LogP contribution in [0.5, 0.6) is 0 Å². The van der Waals surface area contributed by atoms with Crippen LogP contribution in [0.4, 0.5) is 5.82 Å². The lowest BCUT2D eigenvalue weighted by molar-refractivity contribution is -0.137. The van der Waals surface area contributed by atoms with E-state index in [1.54, 1.807) is 12.1 Å².